The van der Waals surface area contributed by atoms with Crippen LogP contribution in [0.15, 0.2) is 194 Å². The topological polar surface area (TPSA) is 68.3 Å². The minimum Gasteiger partial charge on any atom is -0.295 e. The SMILES string of the molecule is CC(=O)c1cccc(C(C)=O)c1.CC(=O)c1ccccc1C(C)=O.CC(C)(c1ccccc1C(C)(C)C(F)(F)F)C(F)(F)F.CC(c1ccc(C(C)(C(F)(F)F)C(F)(F)F)cc1)(C(F)(F)F)C(F)(F)F.CC(c1cccc(C(C)(C(F)(F)F)C(F)(F)F)c1)(C(F)(F)F)C(F)(F)F.CCc1ccc(CC)cc1.CCc1cccc(CC)c1.CCc1ccccc1CC. The zero-order valence-electron chi connectivity index (χ0n) is 71.7. The number of ketones is 4. The van der Waals surface area contributed by atoms with E-state index in [9.17, 15) is 151 Å². The van der Waals surface area contributed by atoms with Crippen LogP contribution in [0.2, 0.25) is 0 Å². The zero-order valence-corrected chi connectivity index (χ0v) is 71.7. The van der Waals surface area contributed by atoms with Crippen molar-refractivity contribution in [3.63, 3.8) is 0 Å². The molecule has 8 rings (SSSR count). The number of hydrogen-bond acceptors (Lipinski definition) is 4. The van der Waals surface area contributed by atoms with Crippen molar-refractivity contribution in [1.82, 2.24) is 0 Å². The van der Waals surface area contributed by atoms with Gasteiger partial charge in [-0.15, -0.1) is 0 Å². The van der Waals surface area contributed by atoms with E-state index < -0.39 is 117 Å². The van der Waals surface area contributed by atoms with Gasteiger partial charge in [-0.05, 0) is 194 Å². The lowest BCUT2D eigenvalue weighted by atomic mass is 9.73. The van der Waals surface area contributed by atoms with Crippen LogP contribution in [0, 0.1) is 0 Å². The summed E-state index contributed by atoms with van der Waals surface area (Å²) in [6.45, 7) is 21.4. The average molecular weight is 1840 g/mol. The van der Waals surface area contributed by atoms with Crippen LogP contribution in [0.1, 0.15) is 233 Å². The third-order valence-electron chi connectivity index (χ3n) is 21.2. The predicted octanol–water partition coefficient (Wildman–Crippen LogP) is 30.9. The number of alkyl halides is 30. The summed E-state index contributed by atoms with van der Waals surface area (Å²) in [5.41, 5.74) is -19.4. The van der Waals surface area contributed by atoms with Gasteiger partial charge in [0.25, 0.3) is 0 Å². The predicted molar refractivity (Wildman–Crippen MR) is 424 cm³/mol. The lowest BCUT2D eigenvalue weighted by Gasteiger charge is -2.37. The number of benzene rings is 8. The van der Waals surface area contributed by atoms with Crippen LogP contribution in [0.3, 0.4) is 0 Å². The first-order valence-corrected chi connectivity index (χ1v) is 38.4. The van der Waals surface area contributed by atoms with Crippen LogP contribution in [-0.2, 0) is 71.0 Å². The summed E-state index contributed by atoms with van der Waals surface area (Å²) in [5, 5.41) is 0. The van der Waals surface area contributed by atoms with Gasteiger partial charge in [-0.1, -0.05) is 230 Å². The van der Waals surface area contributed by atoms with Gasteiger partial charge in [0.1, 0.15) is 0 Å². The molecule has 0 unspecified atom stereocenters. The molecule has 0 saturated heterocycles. The largest absolute Gasteiger partial charge is 0.406 e. The first-order valence-electron chi connectivity index (χ1n) is 38.4. The van der Waals surface area contributed by atoms with E-state index in [-0.39, 0.29) is 110 Å². The molecule has 0 N–H and O–H groups in total. The van der Waals surface area contributed by atoms with E-state index in [0.717, 1.165) is 78.4 Å². The smallest absolute Gasteiger partial charge is 0.295 e. The first kappa shape index (κ1) is 114. The number of hydrogen-bond donors (Lipinski definition) is 0. The molecule has 0 atom stereocenters. The third kappa shape index (κ3) is 28.4. The number of carbonyl (C=O) groups excluding carboxylic acids is 4. The molecule has 0 aliphatic rings. The van der Waals surface area contributed by atoms with E-state index in [2.05, 4.69) is 114 Å². The molecule has 126 heavy (non-hydrogen) atoms. The van der Waals surface area contributed by atoms with Crippen LogP contribution < -0.4 is 0 Å². The van der Waals surface area contributed by atoms with Crippen LogP contribution in [-0.4, -0.2) is 84.9 Å². The standard InChI is InChI=1S/2C14H10F12.C14H16F6.2C10H10O2.3C10H14/c1-9(11(15,16)17,12(18,19)20)7-3-5-8(6-4-7)10(2,13(21,22)23)14(24,25)26;1-9(11(15,16)17,12(18,19)20)7-4-3-5-8(6-7)10(2,13(21,22)23)14(24,25)26;1-11(2,13(15,16)17)9-7-5-6-8-10(9)12(3,4)14(18,19)20;1-7(11)9-4-3-5-10(6-9)8(2)12;1-7(11)9-5-3-4-6-10(9)8(2)12;1-3-9-5-7-10(4-2)8-6-9;1-3-9-6-5-7-10(4-2)8-9;1-3-9-7-5-6-8-10(9)4-2/h2*3-6H,1-2H3;5-8H,1-4H3;2*3-6H,1-2H3;3*5-8H,3-4H2,1-2H3. The third-order valence-corrected chi connectivity index (χ3v) is 21.2. The van der Waals surface area contributed by atoms with Crippen molar-refractivity contribution in [2.75, 3.05) is 0 Å². The Hall–Kier alpha value is -9.66. The molecule has 8 aromatic rings. The summed E-state index contributed by atoms with van der Waals surface area (Å²) in [6, 6.07) is 44.8. The molecule has 0 radical (unpaired) electrons. The molecule has 0 aliphatic carbocycles. The molecule has 700 valence electrons. The Balaban J connectivity index is 0.000000742. The Morgan fingerprint density at radius 1 is 0.214 bits per heavy atom. The van der Waals surface area contributed by atoms with Gasteiger partial charge in [0.15, 0.2) is 44.8 Å². The monoisotopic (exact) mass is 1840 g/mol. The normalized spacial score (nSPS) is 12.8. The van der Waals surface area contributed by atoms with E-state index in [1.807, 2.05) is 0 Å². The van der Waals surface area contributed by atoms with Crippen LogP contribution in [0.5, 0.6) is 0 Å². The molecular formula is C92H98F30O4. The van der Waals surface area contributed by atoms with Gasteiger partial charge in [-0.3, -0.25) is 19.2 Å². The number of Topliss-reactive ketones (excluding diaryl/α,β-unsaturated/α-hetero) is 4. The summed E-state index contributed by atoms with van der Waals surface area (Å²) in [4.78, 5) is 43.9. The molecule has 8 aromatic carbocycles. The minimum atomic E-state index is -6.02. The molecule has 0 fully saturated rings. The lowest BCUT2D eigenvalue weighted by molar-refractivity contribution is -0.299. The lowest BCUT2D eigenvalue weighted by Crippen LogP contribution is -2.53. The molecular weight excluding hydrogens is 1740 g/mol. The highest BCUT2D eigenvalue weighted by atomic mass is 19.5. The molecule has 0 aliphatic heterocycles. The van der Waals surface area contributed by atoms with Crippen LogP contribution in [0.25, 0.3) is 0 Å². The maximum Gasteiger partial charge on any atom is 0.406 e. The molecule has 34 heteroatoms. The van der Waals surface area contributed by atoms with Crippen molar-refractivity contribution in [2.45, 2.75) is 257 Å². The van der Waals surface area contributed by atoms with Gasteiger partial charge < -0.3 is 0 Å². The summed E-state index contributed by atoms with van der Waals surface area (Å²) in [6.07, 6.45) is -50.0. The van der Waals surface area contributed by atoms with Crippen molar-refractivity contribution in [3.8, 4) is 0 Å². The zero-order chi connectivity index (χ0) is 98.4. The van der Waals surface area contributed by atoms with E-state index in [4.69, 9.17) is 0 Å². The van der Waals surface area contributed by atoms with Gasteiger partial charge in [0, 0.05) is 22.3 Å². The van der Waals surface area contributed by atoms with Gasteiger partial charge in [0.05, 0.1) is 10.8 Å². The van der Waals surface area contributed by atoms with Crippen LogP contribution >= 0.6 is 0 Å². The van der Waals surface area contributed by atoms with Crippen molar-refractivity contribution in [3.05, 3.63) is 283 Å². The van der Waals surface area contributed by atoms with Gasteiger partial charge in [-0.2, -0.15) is 132 Å². The second-order valence-electron chi connectivity index (χ2n) is 30.3. The van der Waals surface area contributed by atoms with E-state index in [0.29, 0.717) is 22.3 Å². The summed E-state index contributed by atoms with van der Waals surface area (Å²) in [7, 11) is 0. The van der Waals surface area contributed by atoms with Gasteiger partial charge in [0.2, 0.25) is 0 Å². The highest BCUT2D eigenvalue weighted by molar-refractivity contribution is 6.07. The molecule has 0 aromatic heterocycles. The summed E-state index contributed by atoms with van der Waals surface area (Å²) >= 11 is 0. The molecule has 4 nitrogen and oxygen atoms in total. The maximum atomic E-state index is 13.1. The Kier molecular flexibility index (Phi) is 40.3. The number of carbonyl (C=O) groups is 4. The fraction of sp³-hybridized carbons (Fsp3) is 0.435. The van der Waals surface area contributed by atoms with Gasteiger partial charge >= 0.3 is 61.8 Å². The fourth-order valence-electron chi connectivity index (χ4n) is 11.5. The van der Waals surface area contributed by atoms with Crippen molar-refractivity contribution in [1.29, 1.82) is 0 Å². The Morgan fingerprint density at radius 2 is 0.444 bits per heavy atom. The Morgan fingerprint density at radius 3 is 0.667 bits per heavy atom. The summed E-state index contributed by atoms with van der Waals surface area (Å²) in [5.74, 6) is -0.169. The number of aryl methyl sites for hydroxylation is 6. The van der Waals surface area contributed by atoms with Crippen molar-refractivity contribution >= 4 is 23.1 Å². The van der Waals surface area contributed by atoms with E-state index in [1.54, 1.807) is 48.5 Å². The van der Waals surface area contributed by atoms with Crippen molar-refractivity contribution in [2.24, 2.45) is 0 Å². The number of halogens is 30. The molecule has 0 amide bonds. The van der Waals surface area contributed by atoms with Crippen LogP contribution in [0.4, 0.5) is 132 Å². The first-order chi connectivity index (χ1) is 57.0. The van der Waals surface area contributed by atoms with E-state index >= 15 is 0 Å². The average Bonchev–Trinajstić information content (AvgIpc) is 0.709. The second kappa shape index (κ2) is 44.4. The second-order valence-corrected chi connectivity index (χ2v) is 30.3. The quantitative estimate of drug-likeness (QED) is 0.0714. The highest BCUT2D eigenvalue weighted by Gasteiger charge is 2.73. The Bertz CT molecular complexity index is 4430. The fourth-order valence-corrected chi connectivity index (χ4v) is 11.5. The van der Waals surface area contributed by atoms with Crippen molar-refractivity contribution < 1.29 is 151 Å². The summed E-state index contributed by atoms with van der Waals surface area (Å²) < 4.78 is 390. The Labute approximate surface area is 712 Å². The van der Waals surface area contributed by atoms with Gasteiger partial charge in [-0.25, -0.2) is 0 Å². The highest BCUT2D eigenvalue weighted by Crippen LogP contribution is 2.58. The molecule has 0 saturated carbocycles. The molecule has 0 spiro atoms. The van der Waals surface area contributed by atoms with E-state index in [1.165, 1.54) is 73.2 Å². The molecule has 0 heterocycles. The number of rotatable bonds is 16. The minimum absolute atomic E-state index is 0.0156. The molecule has 0 bridgehead atoms. The maximum absolute atomic E-state index is 13.1.